The number of imidazole rings is 1. The molecule has 0 bridgehead atoms. The summed E-state index contributed by atoms with van der Waals surface area (Å²) in [7, 11) is 4.19. The maximum absolute atomic E-state index is 11.3. The highest BCUT2D eigenvalue weighted by molar-refractivity contribution is 5.84. The molecular weight excluding hydrogens is 582 g/mol. The van der Waals surface area contributed by atoms with E-state index in [9.17, 15) is 15.3 Å². The number of anilines is 2. The summed E-state index contributed by atoms with van der Waals surface area (Å²) in [4.78, 5) is 19.3. The van der Waals surface area contributed by atoms with Gasteiger partial charge in [0.1, 0.15) is 12.2 Å². The predicted octanol–water partition coefficient (Wildman–Crippen LogP) is 2.81. The van der Waals surface area contributed by atoms with E-state index in [2.05, 4.69) is 82.8 Å². The zero-order valence-corrected chi connectivity index (χ0v) is 26.1. The Morgan fingerprint density at radius 3 is 2.28 bits per heavy atom. The summed E-state index contributed by atoms with van der Waals surface area (Å²) in [6.45, 7) is 2.09. The van der Waals surface area contributed by atoms with E-state index >= 15 is 0 Å². The molecule has 12 heteroatoms. The molecule has 0 radical (unpaired) electrons. The Morgan fingerprint density at radius 2 is 1.65 bits per heavy atom. The number of aliphatic hydroxyl groups is 3. The van der Waals surface area contributed by atoms with Crippen LogP contribution in [0, 0.1) is 0 Å². The minimum Gasteiger partial charge on any atom is -0.392 e. The second-order valence-corrected chi connectivity index (χ2v) is 12.6. The number of likely N-dealkylation sites (N-methyl/N-ethyl adjacent to an activating group) is 1. The second kappa shape index (κ2) is 12.8. The number of nitrogens with one attached hydrogen (secondary N) is 1. The molecule has 5 atom stereocenters. The largest absolute Gasteiger partial charge is 0.392 e. The van der Waals surface area contributed by atoms with Crippen molar-refractivity contribution >= 4 is 22.9 Å². The quantitative estimate of drug-likeness (QED) is 0.184. The van der Waals surface area contributed by atoms with E-state index in [4.69, 9.17) is 15.0 Å². The van der Waals surface area contributed by atoms with Crippen molar-refractivity contribution in [3.8, 4) is 0 Å². The minimum absolute atomic E-state index is 0.0771. The highest BCUT2D eigenvalue weighted by Gasteiger charge is 2.44. The van der Waals surface area contributed by atoms with E-state index in [1.165, 1.54) is 11.1 Å². The van der Waals surface area contributed by atoms with Crippen molar-refractivity contribution in [3.05, 3.63) is 96.1 Å². The number of aliphatic hydroxyl groups excluding tert-OH is 3. The van der Waals surface area contributed by atoms with Gasteiger partial charge in [0.25, 0.3) is 0 Å². The van der Waals surface area contributed by atoms with Crippen LogP contribution >= 0.6 is 0 Å². The number of benzene rings is 2. The highest BCUT2D eigenvalue weighted by atomic mass is 16.3. The summed E-state index contributed by atoms with van der Waals surface area (Å²) in [5, 5.41) is 39.9. The number of hydrogen-bond donors (Lipinski definition) is 4. The molecule has 2 aliphatic rings. The molecule has 4 heterocycles. The summed E-state index contributed by atoms with van der Waals surface area (Å²) < 4.78 is 3.51. The number of hydrogen-bond acceptors (Lipinski definition) is 10. The average molecular weight is 624 g/mol. The van der Waals surface area contributed by atoms with Gasteiger partial charge in [-0.25, -0.2) is 4.98 Å². The van der Waals surface area contributed by atoms with Gasteiger partial charge in [0.15, 0.2) is 17.0 Å². The van der Waals surface area contributed by atoms with Gasteiger partial charge in [0.2, 0.25) is 5.95 Å². The first kappa shape index (κ1) is 30.3. The lowest BCUT2D eigenvalue weighted by molar-refractivity contribution is 0.00720. The van der Waals surface area contributed by atoms with Crippen LogP contribution in [0.2, 0.25) is 0 Å². The molecule has 1 aliphatic heterocycles. The van der Waals surface area contributed by atoms with Crippen LogP contribution in [0.4, 0.5) is 11.8 Å². The first-order valence-electron chi connectivity index (χ1n) is 15.9. The van der Waals surface area contributed by atoms with Gasteiger partial charge in [-0.2, -0.15) is 15.1 Å². The Hall–Kier alpha value is -4.36. The lowest BCUT2D eigenvalue weighted by atomic mass is 9.91. The van der Waals surface area contributed by atoms with Crippen LogP contribution in [0.25, 0.3) is 11.2 Å². The number of fused-ring (bicyclic) bond motifs is 1. The first-order chi connectivity index (χ1) is 22.4. The zero-order chi connectivity index (χ0) is 31.8. The van der Waals surface area contributed by atoms with Crippen LogP contribution in [0.3, 0.4) is 0 Å². The van der Waals surface area contributed by atoms with E-state index < -0.39 is 24.3 Å². The van der Waals surface area contributed by atoms with E-state index in [0.29, 0.717) is 47.5 Å². The molecule has 0 amide bonds. The first-order valence-corrected chi connectivity index (χ1v) is 15.9. The van der Waals surface area contributed by atoms with Crippen LogP contribution in [-0.4, -0.2) is 101 Å². The summed E-state index contributed by atoms with van der Waals surface area (Å²) >= 11 is 0. The molecule has 12 nitrogen and oxygen atoms in total. The van der Waals surface area contributed by atoms with Crippen molar-refractivity contribution in [2.45, 2.75) is 55.7 Å². The van der Waals surface area contributed by atoms with Crippen molar-refractivity contribution in [1.29, 1.82) is 0 Å². The van der Waals surface area contributed by atoms with E-state index in [-0.39, 0.29) is 12.5 Å². The van der Waals surface area contributed by atoms with Gasteiger partial charge in [-0.1, -0.05) is 60.7 Å². The maximum atomic E-state index is 11.3. The van der Waals surface area contributed by atoms with E-state index in [1.807, 2.05) is 16.7 Å². The van der Waals surface area contributed by atoms with Gasteiger partial charge in [0.05, 0.1) is 31.2 Å². The monoisotopic (exact) mass is 623 g/mol. The van der Waals surface area contributed by atoms with Gasteiger partial charge >= 0.3 is 0 Å². The second-order valence-electron chi connectivity index (χ2n) is 12.6. The van der Waals surface area contributed by atoms with E-state index in [0.717, 1.165) is 19.5 Å². The molecule has 1 unspecified atom stereocenters. The Bertz CT molecular complexity index is 1720. The normalized spacial score (nSPS) is 23.3. The Balaban J connectivity index is 1.25. The van der Waals surface area contributed by atoms with Crippen LogP contribution in [-0.2, 0) is 6.61 Å². The van der Waals surface area contributed by atoms with Crippen molar-refractivity contribution in [2.24, 2.45) is 0 Å². The third-order valence-electron chi connectivity index (χ3n) is 9.62. The standard InChI is InChI=1S/C34H41N9O3/c1-40(2)25-13-14-41(19-25)34-38-32(35-17-26(23-9-5-3-6-10-23)24-11-7-4-8-12-24)29-33(39-34)42(21-36-29)27-15-28(31(46)30(27)45)43-18-22(20-44)16-37-43/h3-12,16,18,21,25-28,30-31,44-46H,13-15,17,19-20H2,1-2H3,(H,35,38,39)/t25?,27-,28+,30+,31-/m1/s1. The SMILES string of the molecule is CN(C)C1CCN(c2nc(NCC(c3ccccc3)c3ccccc3)c3ncn([C@@H]4C[C@H](n5cc(CO)cn5)[C@@H](O)[C@H]4O)c3n2)C1. The van der Waals surface area contributed by atoms with Crippen molar-refractivity contribution < 1.29 is 15.3 Å². The van der Waals surface area contributed by atoms with Gasteiger partial charge in [-0.3, -0.25) is 4.68 Å². The Morgan fingerprint density at radius 1 is 0.957 bits per heavy atom. The fourth-order valence-corrected chi connectivity index (χ4v) is 6.92. The highest BCUT2D eigenvalue weighted by Crippen LogP contribution is 2.40. The molecule has 4 N–H and O–H groups in total. The molecule has 5 aromatic rings. The molecule has 2 aromatic carbocycles. The predicted molar refractivity (Wildman–Crippen MR) is 176 cm³/mol. The number of rotatable bonds is 10. The van der Waals surface area contributed by atoms with Crippen LogP contribution in [0.5, 0.6) is 0 Å². The Labute approximate surface area is 268 Å². The molecule has 3 aromatic heterocycles. The molecule has 1 saturated carbocycles. The third-order valence-corrected chi connectivity index (χ3v) is 9.62. The maximum Gasteiger partial charge on any atom is 0.229 e. The zero-order valence-electron chi connectivity index (χ0n) is 26.1. The number of aromatic nitrogens is 6. The average Bonchev–Trinajstić information content (AvgIpc) is 3.89. The van der Waals surface area contributed by atoms with Crippen molar-refractivity contribution in [3.63, 3.8) is 0 Å². The van der Waals surface area contributed by atoms with Crippen LogP contribution in [0.1, 0.15) is 47.5 Å². The molecule has 0 spiro atoms. The van der Waals surface area contributed by atoms with Crippen LogP contribution in [0.15, 0.2) is 79.4 Å². The molecule has 1 aliphatic carbocycles. The molecule has 2 fully saturated rings. The fraction of sp³-hybridized carbons (Fsp3) is 0.412. The lowest BCUT2D eigenvalue weighted by Crippen LogP contribution is -2.32. The van der Waals surface area contributed by atoms with Gasteiger partial charge in [-0.15, -0.1) is 0 Å². The van der Waals surface area contributed by atoms with Crippen molar-refractivity contribution in [2.75, 3.05) is 43.9 Å². The summed E-state index contributed by atoms with van der Waals surface area (Å²) in [5.41, 5.74) is 4.26. The fourth-order valence-electron chi connectivity index (χ4n) is 6.92. The topological polar surface area (TPSA) is 141 Å². The van der Waals surface area contributed by atoms with Crippen LogP contribution < -0.4 is 10.2 Å². The molecule has 46 heavy (non-hydrogen) atoms. The molecule has 7 rings (SSSR count). The van der Waals surface area contributed by atoms with Gasteiger partial charge in [-0.05, 0) is 38.1 Å². The smallest absolute Gasteiger partial charge is 0.229 e. The summed E-state index contributed by atoms with van der Waals surface area (Å²) in [5.74, 6) is 1.32. The lowest BCUT2D eigenvalue weighted by Gasteiger charge is -2.23. The third kappa shape index (κ3) is 5.73. The molecular formula is C34H41N9O3. The van der Waals surface area contributed by atoms with Crippen molar-refractivity contribution in [1.82, 2.24) is 34.2 Å². The Kier molecular flexibility index (Phi) is 8.43. The van der Waals surface area contributed by atoms with Gasteiger partial charge in [0, 0.05) is 43.4 Å². The summed E-state index contributed by atoms with van der Waals surface area (Å²) in [6, 6.07) is 20.3. The van der Waals surface area contributed by atoms with E-state index in [1.54, 1.807) is 23.4 Å². The number of nitrogens with zero attached hydrogens (tertiary/aromatic N) is 8. The molecule has 240 valence electrons. The van der Waals surface area contributed by atoms with Gasteiger partial charge < -0.3 is 35.0 Å². The minimum atomic E-state index is -1.07. The molecule has 1 saturated heterocycles. The summed E-state index contributed by atoms with van der Waals surface area (Å²) in [6.07, 6.45) is 4.29.